The molecule has 6 heteroatoms. The lowest BCUT2D eigenvalue weighted by molar-refractivity contribution is 0.414. The van der Waals surface area contributed by atoms with Crippen LogP contribution >= 0.6 is 11.8 Å². The molecule has 0 fully saturated rings. The molecule has 0 saturated carbocycles. The van der Waals surface area contributed by atoms with Crippen molar-refractivity contribution in [2.24, 2.45) is 9.98 Å². The largest absolute Gasteiger partial charge is 0.497 e. The van der Waals surface area contributed by atoms with Gasteiger partial charge in [0.1, 0.15) is 5.75 Å². The molecule has 0 bridgehead atoms. The number of methoxy groups -OCH3 is 1. The molecule has 21 heavy (non-hydrogen) atoms. The maximum Gasteiger partial charge on any atom is 0.240 e. The van der Waals surface area contributed by atoms with Crippen LogP contribution in [0.1, 0.15) is 0 Å². The summed E-state index contributed by atoms with van der Waals surface area (Å²) in [5.41, 5.74) is 1.05. The van der Waals surface area contributed by atoms with E-state index in [2.05, 4.69) is 9.98 Å². The number of rotatable bonds is 5. The Balaban J connectivity index is 2.32. The van der Waals surface area contributed by atoms with Crippen LogP contribution in [0.4, 0.5) is 11.4 Å². The zero-order chi connectivity index (χ0) is 15.1. The maximum atomic E-state index is 10.5. The van der Waals surface area contributed by atoms with Crippen LogP contribution in [0, 0.1) is 0 Å². The fraction of sp³-hybridized carbons (Fsp3) is 0.0667. The molecular formula is C15H10N2O3S. The smallest absolute Gasteiger partial charge is 0.240 e. The Kier molecular flexibility index (Phi) is 5.07. The molecule has 0 aromatic heterocycles. The minimum absolute atomic E-state index is 0.519. The first-order valence-corrected chi connectivity index (χ1v) is 6.70. The Morgan fingerprint density at radius 3 is 2.33 bits per heavy atom. The van der Waals surface area contributed by atoms with Gasteiger partial charge in [-0.2, -0.15) is 9.98 Å². The summed E-state index contributed by atoms with van der Waals surface area (Å²) in [6.07, 6.45) is 3.02. The SMILES string of the molecule is COc1ccc(N=C=O)c(Sc2ccc(N=C=O)cc2)c1. The van der Waals surface area contributed by atoms with E-state index >= 15 is 0 Å². The second-order valence-corrected chi connectivity index (χ2v) is 4.95. The topological polar surface area (TPSA) is 68.1 Å². The Labute approximate surface area is 125 Å². The highest BCUT2D eigenvalue weighted by Gasteiger charge is 2.06. The number of carbonyl (C=O) groups excluding carboxylic acids is 2. The first-order chi connectivity index (χ1) is 10.3. The van der Waals surface area contributed by atoms with Gasteiger partial charge in [-0.1, -0.05) is 11.8 Å². The van der Waals surface area contributed by atoms with Crippen molar-refractivity contribution in [1.29, 1.82) is 0 Å². The van der Waals surface area contributed by atoms with Crippen molar-refractivity contribution in [2.75, 3.05) is 7.11 Å². The standard InChI is InChI=1S/C15H10N2O3S/c1-20-12-4-7-14(17-10-19)15(8-12)21-13-5-2-11(3-6-13)16-9-18/h2-8H,1H3. The molecule has 0 aliphatic rings. The predicted octanol–water partition coefficient (Wildman–Crippen LogP) is 3.78. The molecule has 2 rings (SSSR count). The van der Waals surface area contributed by atoms with Crippen LogP contribution in [-0.4, -0.2) is 19.3 Å². The molecule has 0 saturated heterocycles. The number of hydrogen-bond donors (Lipinski definition) is 0. The zero-order valence-corrected chi connectivity index (χ0v) is 11.9. The molecule has 0 heterocycles. The van der Waals surface area contributed by atoms with Crippen molar-refractivity contribution in [3.63, 3.8) is 0 Å². The highest BCUT2D eigenvalue weighted by molar-refractivity contribution is 7.99. The monoisotopic (exact) mass is 298 g/mol. The average molecular weight is 298 g/mol. The van der Waals surface area contributed by atoms with Gasteiger partial charge >= 0.3 is 0 Å². The summed E-state index contributed by atoms with van der Waals surface area (Å²) in [6.45, 7) is 0. The number of nitrogens with zero attached hydrogens (tertiary/aromatic N) is 2. The van der Waals surface area contributed by atoms with Gasteiger partial charge in [0.05, 0.1) is 18.5 Å². The van der Waals surface area contributed by atoms with Crippen molar-refractivity contribution in [1.82, 2.24) is 0 Å². The van der Waals surface area contributed by atoms with Crippen molar-refractivity contribution < 1.29 is 14.3 Å². The highest BCUT2D eigenvalue weighted by Crippen LogP contribution is 2.37. The van der Waals surface area contributed by atoms with Gasteiger partial charge in [-0.15, -0.1) is 0 Å². The number of benzene rings is 2. The molecule has 0 atom stereocenters. The Hall–Kier alpha value is -2.65. The maximum absolute atomic E-state index is 10.5. The van der Waals surface area contributed by atoms with E-state index in [-0.39, 0.29) is 0 Å². The molecule has 0 unspecified atom stereocenters. The minimum atomic E-state index is 0.519. The third kappa shape index (κ3) is 3.91. The van der Waals surface area contributed by atoms with Gasteiger partial charge in [-0.3, -0.25) is 0 Å². The number of isocyanates is 2. The highest BCUT2D eigenvalue weighted by atomic mass is 32.2. The second-order valence-electron chi connectivity index (χ2n) is 3.84. The van der Waals surface area contributed by atoms with E-state index in [4.69, 9.17) is 4.74 Å². The molecule has 0 spiro atoms. The third-order valence-corrected chi connectivity index (χ3v) is 3.63. The Bertz CT molecular complexity index is 731. The molecule has 2 aromatic rings. The van der Waals surface area contributed by atoms with Crippen LogP contribution in [0.25, 0.3) is 0 Å². The zero-order valence-electron chi connectivity index (χ0n) is 11.1. The van der Waals surface area contributed by atoms with E-state index in [1.165, 1.54) is 23.9 Å². The van der Waals surface area contributed by atoms with Crippen LogP contribution in [0.2, 0.25) is 0 Å². The molecule has 0 aliphatic heterocycles. The lowest BCUT2D eigenvalue weighted by Crippen LogP contribution is -1.83. The van der Waals surface area contributed by atoms with Gasteiger partial charge in [0, 0.05) is 9.79 Å². The number of aliphatic imine (C=N–C) groups is 2. The van der Waals surface area contributed by atoms with Gasteiger partial charge in [0.2, 0.25) is 12.2 Å². The van der Waals surface area contributed by atoms with Gasteiger partial charge in [0.15, 0.2) is 0 Å². The van der Waals surface area contributed by atoms with Crippen molar-refractivity contribution in [2.45, 2.75) is 9.79 Å². The average Bonchev–Trinajstić information content (AvgIpc) is 2.51. The van der Waals surface area contributed by atoms with Crippen LogP contribution in [0.15, 0.2) is 62.2 Å². The summed E-state index contributed by atoms with van der Waals surface area (Å²) in [7, 11) is 1.57. The summed E-state index contributed by atoms with van der Waals surface area (Å²) in [5, 5.41) is 0. The second kappa shape index (κ2) is 7.22. The Morgan fingerprint density at radius 2 is 1.71 bits per heavy atom. The van der Waals surface area contributed by atoms with Crippen molar-refractivity contribution >= 4 is 35.3 Å². The minimum Gasteiger partial charge on any atom is -0.497 e. The van der Waals surface area contributed by atoms with Crippen LogP contribution < -0.4 is 4.74 Å². The quantitative estimate of drug-likeness (QED) is 0.622. The molecule has 2 aromatic carbocycles. The van der Waals surface area contributed by atoms with E-state index in [1.807, 2.05) is 12.1 Å². The molecular weight excluding hydrogens is 288 g/mol. The first kappa shape index (κ1) is 14.8. The fourth-order valence-corrected chi connectivity index (χ4v) is 2.53. The van der Waals surface area contributed by atoms with Crippen LogP contribution in [-0.2, 0) is 9.59 Å². The van der Waals surface area contributed by atoms with Crippen LogP contribution in [0.5, 0.6) is 5.75 Å². The van der Waals surface area contributed by atoms with Gasteiger partial charge in [-0.25, -0.2) is 9.59 Å². The van der Waals surface area contributed by atoms with E-state index in [1.54, 1.807) is 37.4 Å². The third-order valence-electron chi connectivity index (χ3n) is 2.57. The lowest BCUT2D eigenvalue weighted by Gasteiger charge is -2.07. The summed E-state index contributed by atoms with van der Waals surface area (Å²) >= 11 is 1.42. The van der Waals surface area contributed by atoms with E-state index in [9.17, 15) is 9.59 Å². The molecule has 0 N–H and O–H groups in total. The summed E-state index contributed by atoms with van der Waals surface area (Å²) in [5.74, 6) is 0.671. The van der Waals surface area contributed by atoms with Crippen molar-refractivity contribution in [3.8, 4) is 5.75 Å². The molecule has 0 aliphatic carbocycles. The van der Waals surface area contributed by atoms with E-state index < -0.39 is 0 Å². The molecule has 5 nitrogen and oxygen atoms in total. The predicted molar refractivity (Wildman–Crippen MR) is 79.1 cm³/mol. The summed E-state index contributed by atoms with van der Waals surface area (Å²) in [6, 6.07) is 12.2. The van der Waals surface area contributed by atoms with E-state index in [0.717, 1.165) is 9.79 Å². The van der Waals surface area contributed by atoms with Gasteiger partial charge < -0.3 is 4.74 Å². The van der Waals surface area contributed by atoms with Gasteiger partial charge in [0.25, 0.3) is 0 Å². The fourth-order valence-electron chi connectivity index (χ4n) is 1.61. The Morgan fingerprint density at radius 1 is 1.00 bits per heavy atom. The van der Waals surface area contributed by atoms with Gasteiger partial charge in [-0.05, 0) is 42.5 Å². The molecule has 0 radical (unpaired) electrons. The number of ether oxygens (including phenoxy) is 1. The summed E-state index contributed by atoms with van der Waals surface area (Å²) in [4.78, 5) is 29.5. The van der Waals surface area contributed by atoms with E-state index in [0.29, 0.717) is 17.1 Å². The van der Waals surface area contributed by atoms with Crippen molar-refractivity contribution in [3.05, 3.63) is 42.5 Å². The normalized spacial score (nSPS) is 9.38. The molecule has 104 valence electrons. The lowest BCUT2D eigenvalue weighted by atomic mass is 10.3. The van der Waals surface area contributed by atoms with Crippen LogP contribution in [0.3, 0.4) is 0 Å². The molecule has 0 amide bonds. The summed E-state index contributed by atoms with van der Waals surface area (Å²) < 4.78 is 5.17. The number of hydrogen-bond acceptors (Lipinski definition) is 6. The first-order valence-electron chi connectivity index (χ1n) is 5.88.